The molecule has 0 bridgehead atoms. The lowest BCUT2D eigenvalue weighted by atomic mass is 10.1. The monoisotopic (exact) mass is 358 g/mol. The van der Waals surface area contributed by atoms with E-state index >= 15 is 0 Å². The van der Waals surface area contributed by atoms with Crippen LogP contribution in [0.1, 0.15) is 26.3 Å². The topological polar surface area (TPSA) is 68.6 Å². The van der Waals surface area contributed by atoms with Crippen LogP contribution in [0.3, 0.4) is 0 Å². The number of piperazine rings is 1. The Morgan fingerprint density at radius 2 is 1.81 bits per heavy atom. The van der Waals surface area contributed by atoms with Crippen molar-refractivity contribution in [3.8, 4) is 11.8 Å². The van der Waals surface area contributed by atoms with Gasteiger partial charge in [-0.05, 0) is 43.7 Å². The van der Waals surface area contributed by atoms with Crippen LogP contribution in [-0.4, -0.2) is 67.6 Å². The SMILES string of the molecule is CCN1CCN(CC(C)CNC(=O)C(C)Oc2ccc(C#N)cc2)CC1. The van der Waals surface area contributed by atoms with Gasteiger partial charge in [0.1, 0.15) is 5.75 Å². The van der Waals surface area contributed by atoms with Crippen molar-refractivity contribution in [2.24, 2.45) is 5.92 Å². The number of carbonyl (C=O) groups is 1. The molecule has 1 aromatic rings. The third-order valence-corrected chi connectivity index (χ3v) is 4.77. The predicted molar refractivity (Wildman–Crippen MR) is 102 cm³/mol. The summed E-state index contributed by atoms with van der Waals surface area (Å²) in [6.07, 6.45) is -0.566. The van der Waals surface area contributed by atoms with E-state index < -0.39 is 6.10 Å². The Kier molecular flexibility index (Phi) is 7.89. The van der Waals surface area contributed by atoms with Gasteiger partial charge in [0, 0.05) is 39.3 Å². The highest BCUT2D eigenvalue weighted by molar-refractivity contribution is 5.80. The quantitative estimate of drug-likeness (QED) is 0.766. The van der Waals surface area contributed by atoms with Crippen LogP contribution in [0, 0.1) is 17.2 Å². The van der Waals surface area contributed by atoms with Crippen molar-refractivity contribution >= 4 is 5.91 Å². The number of ether oxygens (including phenoxy) is 1. The Morgan fingerprint density at radius 1 is 1.19 bits per heavy atom. The van der Waals surface area contributed by atoms with Gasteiger partial charge in [-0.1, -0.05) is 13.8 Å². The average molecular weight is 358 g/mol. The molecule has 1 amide bonds. The van der Waals surface area contributed by atoms with E-state index in [1.165, 1.54) is 0 Å². The number of rotatable bonds is 8. The zero-order valence-corrected chi connectivity index (χ0v) is 16.1. The molecule has 1 fully saturated rings. The molecule has 6 heteroatoms. The van der Waals surface area contributed by atoms with Gasteiger partial charge in [0.2, 0.25) is 0 Å². The van der Waals surface area contributed by atoms with Gasteiger partial charge in [-0.25, -0.2) is 0 Å². The predicted octanol–water partition coefficient (Wildman–Crippen LogP) is 1.72. The summed E-state index contributed by atoms with van der Waals surface area (Å²) in [6, 6.07) is 8.84. The first kappa shape index (κ1) is 20.2. The number of nitrogens with zero attached hydrogens (tertiary/aromatic N) is 3. The van der Waals surface area contributed by atoms with Gasteiger partial charge in [-0.3, -0.25) is 4.79 Å². The molecule has 1 aliphatic heterocycles. The molecule has 0 saturated carbocycles. The smallest absolute Gasteiger partial charge is 0.260 e. The first-order valence-electron chi connectivity index (χ1n) is 9.41. The third-order valence-electron chi connectivity index (χ3n) is 4.77. The highest BCUT2D eigenvalue weighted by atomic mass is 16.5. The van der Waals surface area contributed by atoms with E-state index in [0.717, 1.165) is 39.3 Å². The van der Waals surface area contributed by atoms with E-state index in [4.69, 9.17) is 10.00 Å². The van der Waals surface area contributed by atoms with E-state index in [1.54, 1.807) is 31.2 Å². The summed E-state index contributed by atoms with van der Waals surface area (Å²) >= 11 is 0. The minimum absolute atomic E-state index is 0.114. The molecule has 0 aliphatic carbocycles. The van der Waals surface area contributed by atoms with E-state index in [2.05, 4.69) is 35.0 Å². The molecule has 2 atom stereocenters. The van der Waals surface area contributed by atoms with Gasteiger partial charge in [-0.15, -0.1) is 0 Å². The van der Waals surface area contributed by atoms with E-state index in [-0.39, 0.29) is 5.91 Å². The van der Waals surface area contributed by atoms with E-state index in [1.807, 2.05) is 0 Å². The molecule has 2 rings (SSSR count). The average Bonchev–Trinajstić information content (AvgIpc) is 2.67. The van der Waals surface area contributed by atoms with Crippen LogP contribution < -0.4 is 10.1 Å². The van der Waals surface area contributed by atoms with Crippen LogP contribution in [0.15, 0.2) is 24.3 Å². The summed E-state index contributed by atoms with van der Waals surface area (Å²) in [6.45, 7) is 13.3. The van der Waals surface area contributed by atoms with Crippen molar-refractivity contribution in [3.63, 3.8) is 0 Å². The van der Waals surface area contributed by atoms with Crippen LogP contribution in [0.2, 0.25) is 0 Å². The Labute approximate surface area is 156 Å². The molecular formula is C20H30N4O2. The summed E-state index contributed by atoms with van der Waals surface area (Å²) in [5.41, 5.74) is 0.572. The zero-order valence-electron chi connectivity index (χ0n) is 16.1. The maximum absolute atomic E-state index is 12.2. The fourth-order valence-electron chi connectivity index (χ4n) is 3.08. The molecule has 0 spiro atoms. The van der Waals surface area contributed by atoms with Crippen molar-refractivity contribution in [1.29, 1.82) is 5.26 Å². The molecule has 26 heavy (non-hydrogen) atoms. The van der Waals surface area contributed by atoms with Gasteiger partial charge in [-0.2, -0.15) is 5.26 Å². The molecule has 1 N–H and O–H groups in total. The van der Waals surface area contributed by atoms with Crippen molar-refractivity contribution in [1.82, 2.24) is 15.1 Å². The van der Waals surface area contributed by atoms with Gasteiger partial charge >= 0.3 is 0 Å². The van der Waals surface area contributed by atoms with Gasteiger partial charge < -0.3 is 19.9 Å². The maximum atomic E-state index is 12.2. The molecule has 1 heterocycles. The Hall–Kier alpha value is -2.10. The molecule has 0 radical (unpaired) electrons. The summed E-state index contributed by atoms with van der Waals surface area (Å²) in [5, 5.41) is 11.8. The van der Waals surface area contributed by atoms with Gasteiger partial charge in [0.25, 0.3) is 5.91 Å². The molecule has 6 nitrogen and oxygen atoms in total. The van der Waals surface area contributed by atoms with Crippen molar-refractivity contribution < 1.29 is 9.53 Å². The Balaban J connectivity index is 1.69. The first-order chi connectivity index (χ1) is 12.5. The molecule has 0 aromatic heterocycles. The maximum Gasteiger partial charge on any atom is 0.260 e. The van der Waals surface area contributed by atoms with Crippen LogP contribution in [0.5, 0.6) is 5.75 Å². The lowest BCUT2D eigenvalue weighted by Gasteiger charge is -2.35. The Morgan fingerprint density at radius 3 is 2.38 bits per heavy atom. The van der Waals surface area contributed by atoms with Crippen molar-refractivity contribution in [2.75, 3.05) is 45.8 Å². The number of nitrogens with one attached hydrogen (secondary N) is 1. The fourth-order valence-corrected chi connectivity index (χ4v) is 3.08. The minimum Gasteiger partial charge on any atom is -0.481 e. The summed E-state index contributed by atoms with van der Waals surface area (Å²) in [7, 11) is 0. The van der Waals surface area contributed by atoms with E-state index in [9.17, 15) is 4.79 Å². The van der Waals surface area contributed by atoms with Crippen molar-refractivity contribution in [2.45, 2.75) is 26.9 Å². The normalized spacial score (nSPS) is 17.9. The summed E-state index contributed by atoms with van der Waals surface area (Å²) in [4.78, 5) is 17.2. The molecule has 1 aromatic carbocycles. The second-order valence-electron chi connectivity index (χ2n) is 6.98. The van der Waals surface area contributed by atoms with E-state index in [0.29, 0.717) is 23.8 Å². The number of hydrogen-bond donors (Lipinski definition) is 1. The first-order valence-corrected chi connectivity index (χ1v) is 9.41. The largest absolute Gasteiger partial charge is 0.481 e. The standard InChI is InChI=1S/C20H30N4O2/c1-4-23-9-11-24(12-10-23)15-16(2)14-22-20(25)17(3)26-19-7-5-18(13-21)6-8-19/h5-8,16-17H,4,9-12,14-15H2,1-3H3,(H,22,25). The lowest BCUT2D eigenvalue weighted by Crippen LogP contribution is -2.48. The fraction of sp³-hybridized carbons (Fsp3) is 0.600. The second-order valence-corrected chi connectivity index (χ2v) is 6.98. The number of carbonyl (C=O) groups excluding carboxylic acids is 1. The third kappa shape index (κ3) is 6.32. The zero-order chi connectivity index (χ0) is 18.9. The minimum atomic E-state index is -0.566. The van der Waals surface area contributed by atoms with Gasteiger partial charge in [0.15, 0.2) is 6.10 Å². The highest BCUT2D eigenvalue weighted by Gasteiger charge is 2.19. The molecular weight excluding hydrogens is 328 g/mol. The molecule has 2 unspecified atom stereocenters. The summed E-state index contributed by atoms with van der Waals surface area (Å²) in [5.74, 6) is 0.875. The second kappa shape index (κ2) is 10.1. The van der Waals surface area contributed by atoms with Crippen molar-refractivity contribution in [3.05, 3.63) is 29.8 Å². The molecule has 142 valence electrons. The highest BCUT2D eigenvalue weighted by Crippen LogP contribution is 2.13. The number of hydrogen-bond acceptors (Lipinski definition) is 5. The van der Waals surface area contributed by atoms with Crippen LogP contribution in [-0.2, 0) is 4.79 Å². The Bertz CT molecular complexity index is 603. The van der Waals surface area contributed by atoms with Crippen LogP contribution >= 0.6 is 0 Å². The lowest BCUT2D eigenvalue weighted by molar-refractivity contribution is -0.127. The number of benzene rings is 1. The number of likely N-dealkylation sites (N-methyl/N-ethyl adjacent to an activating group) is 1. The van der Waals surface area contributed by atoms with Crippen LogP contribution in [0.4, 0.5) is 0 Å². The number of nitriles is 1. The molecule has 1 aliphatic rings. The van der Waals surface area contributed by atoms with Crippen LogP contribution in [0.25, 0.3) is 0 Å². The van der Waals surface area contributed by atoms with Gasteiger partial charge in [0.05, 0.1) is 11.6 Å². The number of amides is 1. The summed E-state index contributed by atoms with van der Waals surface area (Å²) < 4.78 is 5.64. The molecule has 1 saturated heterocycles.